The van der Waals surface area contributed by atoms with Gasteiger partial charge in [0.15, 0.2) is 5.96 Å². The van der Waals surface area contributed by atoms with Crippen LogP contribution < -0.4 is 20.7 Å². The third-order valence-electron chi connectivity index (χ3n) is 3.97. The van der Waals surface area contributed by atoms with Gasteiger partial charge in [-0.2, -0.15) is 11.3 Å². The van der Waals surface area contributed by atoms with Crippen LogP contribution in [0.15, 0.2) is 46.1 Å². The summed E-state index contributed by atoms with van der Waals surface area (Å²) < 4.78 is 5.09. The predicted molar refractivity (Wildman–Crippen MR) is 107 cm³/mol. The van der Waals surface area contributed by atoms with Crippen molar-refractivity contribution in [2.24, 2.45) is 4.99 Å². The summed E-state index contributed by atoms with van der Waals surface area (Å²) in [5, 5.41) is 13.6. The molecule has 0 aliphatic heterocycles. The van der Waals surface area contributed by atoms with Crippen molar-refractivity contribution in [2.75, 3.05) is 33.8 Å². The second-order valence-electron chi connectivity index (χ2n) is 5.82. The summed E-state index contributed by atoms with van der Waals surface area (Å²) >= 11 is 1.71. The Hall–Kier alpha value is -2.54. The lowest BCUT2D eigenvalue weighted by molar-refractivity contribution is 0.0954. The lowest BCUT2D eigenvalue weighted by atomic mass is 10.1. The Morgan fingerprint density at radius 2 is 1.88 bits per heavy atom. The van der Waals surface area contributed by atoms with Crippen molar-refractivity contribution in [2.45, 2.75) is 12.8 Å². The topological polar surface area (TPSA) is 74.8 Å². The van der Waals surface area contributed by atoms with E-state index in [0.29, 0.717) is 24.6 Å². The molecule has 3 N–H and O–H groups in total. The normalized spacial score (nSPS) is 12.3. The van der Waals surface area contributed by atoms with E-state index < -0.39 is 0 Å². The van der Waals surface area contributed by atoms with Crippen LogP contribution in [0.5, 0.6) is 5.75 Å². The van der Waals surface area contributed by atoms with Crippen LogP contribution in [0.4, 0.5) is 0 Å². The van der Waals surface area contributed by atoms with Gasteiger partial charge in [0.25, 0.3) is 5.91 Å². The minimum absolute atomic E-state index is 0.108. The van der Waals surface area contributed by atoms with Crippen LogP contribution in [0.2, 0.25) is 0 Å². The number of hydrogen-bond acceptors (Lipinski definition) is 4. The zero-order valence-electron chi connectivity index (χ0n) is 15.4. The number of benzene rings is 1. The van der Waals surface area contributed by atoms with E-state index in [4.69, 9.17) is 4.74 Å². The minimum atomic E-state index is -0.108. The second-order valence-corrected chi connectivity index (χ2v) is 6.60. The zero-order chi connectivity index (χ0) is 18.8. The number of nitrogens with zero attached hydrogens (tertiary/aromatic N) is 1. The van der Waals surface area contributed by atoms with Gasteiger partial charge >= 0.3 is 0 Å². The lowest BCUT2D eigenvalue weighted by Gasteiger charge is -2.15. The Labute approximate surface area is 158 Å². The van der Waals surface area contributed by atoms with Crippen LogP contribution in [0.1, 0.15) is 28.8 Å². The minimum Gasteiger partial charge on any atom is -0.497 e. The molecular weight excluding hydrogens is 348 g/mol. The van der Waals surface area contributed by atoms with E-state index in [2.05, 4.69) is 44.7 Å². The summed E-state index contributed by atoms with van der Waals surface area (Å²) in [7, 11) is 3.34. The molecule has 1 heterocycles. The molecule has 2 aromatic rings. The average molecular weight is 375 g/mol. The summed E-state index contributed by atoms with van der Waals surface area (Å²) in [5.74, 6) is 1.76. The van der Waals surface area contributed by atoms with Crippen molar-refractivity contribution in [1.82, 2.24) is 16.0 Å². The fourth-order valence-electron chi connectivity index (χ4n) is 2.35. The lowest BCUT2D eigenvalue weighted by Crippen LogP contribution is -2.42. The number of hydrogen-bond donors (Lipinski definition) is 3. The van der Waals surface area contributed by atoms with E-state index >= 15 is 0 Å². The quantitative estimate of drug-likeness (QED) is 0.377. The first kappa shape index (κ1) is 19.8. The van der Waals surface area contributed by atoms with Crippen molar-refractivity contribution in [3.8, 4) is 5.75 Å². The molecule has 26 heavy (non-hydrogen) atoms. The van der Waals surface area contributed by atoms with E-state index in [1.807, 2.05) is 0 Å². The zero-order valence-corrected chi connectivity index (χ0v) is 16.2. The fourth-order valence-corrected chi connectivity index (χ4v) is 3.13. The molecule has 1 aromatic carbocycles. The number of carbonyl (C=O) groups excluding carboxylic acids is 1. The van der Waals surface area contributed by atoms with Gasteiger partial charge in [-0.25, -0.2) is 0 Å². The van der Waals surface area contributed by atoms with Gasteiger partial charge in [0.2, 0.25) is 0 Å². The molecule has 1 amide bonds. The molecule has 0 saturated carbocycles. The molecule has 0 saturated heterocycles. The number of ether oxygens (including phenoxy) is 1. The number of amides is 1. The number of aliphatic imine (C=N–C) groups is 1. The number of nitrogens with one attached hydrogen (secondary N) is 3. The highest BCUT2D eigenvalue weighted by atomic mass is 32.1. The summed E-state index contributed by atoms with van der Waals surface area (Å²) in [6.07, 6.45) is 0. The van der Waals surface area contributed by atoms with Crippen molar-refractivity contribution < 1.29 is 9.53 Å². The molecule has 140 valence electrons. The number of carbonyl (C=O) groups is 1. The molecule has 0 fully saturated rings. The molecule has 7 heteroatoms. The van der Waals surface area contributed by atoms with Crippen LogP contribution in [0, 0.1) is 0 Å². The van der Waals surface area contributed by atoms with Crippen molar-refractivity contribution >= 4 is 23.2 Å². The van der Waals surface area contributed by atoms with E-state index in [9.17, 15) is 4.79 Å². The largest absolute Gasteiger partial charge is 0.497 e. The highest BCUT2D eigenvalue weighted by Gasteiger charge is 2.07. The molecule has 6 nitrogen and oxygen atoms in total. The van der Waals surface area contributed by atoms with Crippen LogP contribution in [-0.4, -0.2) is 45.7 Å². The predicted octanol–water partition coefficient (Wildman–Crippen LogP) is 2.46. The Kier molecular flexibility index (Phi) is 7.95. The SMILES string of the molecule is CN=C(NCCNC(=O)c1ccc(OC)cc1)NCC(C)c1ccsc1. The summed E-state index contributed by atoms with van der Waals surface area (Å²) in [6, 6.07) is 9.17. The Balaban J connectivity index is 1.67. The standard InChI is InChI=1S/C19H26N4O2S/c1-14(16-8-11-26-13-16)12-23-19(20-2)22-10-9-21-18(24)15-4-6-17(25-3)7-5-15/h4-8,11,13-14H,9-10,12H2,1-3H3,(H,21,24)(H2,20,22,23). The third kappa shape index (κ3) is 6.07. The van der Waals surface area contributed by atoms with E-state index in [1.54, 1.807) is 49.8 Å². The van der Waals surface area contributed by atoms with E-state index in [-0.39, 0.29) is 5.91 Å². The monoisotopic (exact) mass is 374 g/mol. The van der Waals surface area contributed by atoms with E-state index in [0.717, 1.165) is 18.3 Å². The molecule has 0 aliphatic carbocycles. The smallest absolute Gasteiger partial charge is 0.251 e. The molecule has 0 spiro atoms. The summed E-state index contributed by atoms with van der Waals surface area (Å²) in [6.45, 7) is 4.08. The van der Waals surface area contributed by atoms with Gasteiger partial charge in [-0.1, -0.05) is 6.92 Å². The molecule has 1 aromatic heterocycles. The highest BCUT2D eigenvalue weighted by Crippen LogP contribution is 2.16. The van der Waals surface area contributed by atoms with Crippen LogP contribution in [-0.2, 0) is 0 Å². The first-order valence-electron chi connectivity index (χ1n) is 8.53. The highest BCUT2D eigenvalue weighted by molar-refractivity contribution is 7.07. The molecule has 0 aliphatic rings. The molecule has 2 rings (SSSR count). The Bertz CT molecular complexity index is 699. The Morgan fingerprint density at radius 1 is 1.15 bits per heavy atom. The average Bonchev–Trinajstić information content (AvgIpc) is 3.22. The fraction of sp³-hybridized carbons (Fsp3) is 0.368. The second kappa shape index (κ2) is 10.5. The van der Waals surface area contributed by atoms with Crippen molar-refractivity contribution in [1.29, 1.82) is 0 Å². The third-order valence-corrected chi connectivity index (χ3v) is 4.67. The first-order chi connectivity index (χ1) is 12.6. The van der Waals surface area contributed by atoms with Crippen LogP contribution in [0.25, 0.3) is 0 Å². The summed E-state index contributed by atoms with van der Waals surface area (Å²) in [4.78, 5) is 16.3. The van der Waals surface area contributed by atoms with Crippen LogP contribution >= 0.6 is 11.3 Å². The molecule has 1 unspecified atom stereocenters. The van der Waals surface area contributed by atoms with Crippen molar-refractivity contribution in [3.05, 3.63) is 52.2 Å². The van der Waals surface area contributed by atoms with Gasteiger partial charge in [-0.3, -0.25) is 9.79 Å². The maximum absolute atomic E-state index is 12.1. The molecular formula is C19H26N4O2S. The maximum Gasteiger partial charge on any atom is 0.251 e. The van der Waals surface area contributed by atoms with Gasteiger partial charge in [0.05, 0.1) is 7.11 Å². The van der Waals surface area contributed by atoms with Crippen molar-refractivity contribution in [3.63, 3.8) is 0 Å². The number of guanidine groups is 1. The van der Waals surface area contributed by atoms with Gasteiger partial charge in [0, 0.05) is 32.2 Å². The Morgan fingerprint density at radius 3 is 2.50 bits per heavy atom. The molecule has 0 bridgehead atoms. The van der Waals surface area contributed by atoms with Gasteiger partial charge < -0.3 is 20.7 Å². The van der Waals surface area contributed by atoms with Gasteiger partial charge in [0.1, 0.15) is 5.75 Å². The van der Waals surface area contributed by atoms with Crippen LogP contribution in [0.3, 0.4) is 0 Å². The maximum atomic E-state index is 12.1. The van der Waals surface area contributed by atoms with E-state index in [1.165, 1.54) is 5.56 Å². The first-order valence-corrected chi connectivity index (χ1v) is 9.47. The molecule has 0 radical (unpaired) electrons. The number of thiophene rings is 1. The molecule has 1 atom stereocenters. The summed E-state index contributed by atoms with van der Waals surface area (Å²) in [5.41, 5.74) is 1.93. The number of methoxy groups -OCH3 is 1. The number of rotatable bonds is 8. The van der Waals surface area contributed by atoms with Gasteiger partial charge in [-0.05, 0) is 52.6 Å². The van der Waals surface area contributed by atoms with Gasteiger partial charge in [-0.15, -0.1) is 0 Å².